The van der Waals surface area contributed by atoms with E-state index in [9.17, 15) is 9.59 Å². The summed E-state index contributed by atoms with van der Waals surface area (Å²) in [5.41, 5.74) is 2.97. The van der Waals surface area contributed by atoms with E-state index in [1.54, 1.807) is 24.5 Å². The molecule has 0 aromatic carbocycles. The molecule has 0 saturated heterocycles. The minimum absolute atomic E-state index is 0.119. The van der Waals surface area contributed by atoms with Gasteiger partial charge in [0, 0.05) is 38.0 Å². The van der Waals surface area contributed by atoms with Crippen molar-refractivity contribution in [3.63, 3.8) is 0 Å². The second kappa shape index (κ2) is 7.31. The number of carbonyl (C=O) groups excluding carboxylic acids is 2. The van der Waals surface area contributed by atoms with E-state index < -0.39 is 0 Å². The summed E-state index contributed by atoms with van der Waals surface area (Å²) in [6.07, 6.45) is 3.30. The lowest BCUT2D eigenvalue weighted by atomic mass is 10.1. The van der Waals surface area contributed by atoms with Crippen molar-refractivity contribution in [1.29, 1.82) is 0 Å². The lowest BCUT2D eigenvalue weighted by Crippen LogP contribution is -2.33. The van der Waals surface area contributed by atoms with Gasteiger partial charge in [-0.2, -0.15) is 0 Å². The highest BCUT2D eigenvalue weighted by Crippen LogP contribution is 2.16. The summed E-state index contributed by atoms with van der Waals surface area (Å²) >= 11 is 0. The Bertz CT molecular complexity index is 685. The number of rotatable bonds is 5. The highest BCUT2D eigenvalue weighted by Gasteiger charge is 2.08. The third kappa shape index (κ3) is 4.37. The van der Waals surface area contributed by atoms with Gasteiger partial charge in [-0.1, -0.05) is 0 Å². The number of hydrogen-bond donors (Lipinski definition) is 2. The van der Waals surface area contributed by atoms with E-state index in [0.29, 0.717) is 24.3 Å². The SMILES string of the molecule is CC(=O)NCCNC(=O)c1ccnc(-c2cc(C)ccn2)c1. The van der Waals surface area contributed by atoms with Gasteiger partial charge in [-0.15, -0.1) is 0 Å². The van der Waals surface area contributed by atoms with Gasteiger partial charge in [-0.25, -0.2) is 0 Å². The van der Waals surface area contributed by atoms with Gasteiger partial charge in [0.2, 0.25) is 5.91 Å². The summed E-state index contributed by atoms with van der Waals surface area (Å²) in [5.74, 6) is -0.326. The van der Waals surface area contributed by atoms with Crippen LogP contribution in [-0.2, 0) is 4.79 Å². The first-order valence-electron chi connectivity index (χ1n) is 6.98. The highest BCUT2D eigenvalue weighted by molar-refractivity contribution is 5.95. The van der Waals surface area contributed by atoms with Crippen molar-refractivity contribution in [3.05, 3.63) is 47.8 Å². The number of pyridine rings is 2. The topological polar surface area (TPSA) is 84.0 Å². The Morgan fingerprint density at radius 2 is 1.64 bits per heavy atom. The molecule has 0 unspecified atom stereocenters. The molecule has 0 spiro atoms. The van der Waals surface area contributed by atoms with Gasteiger partial charge in [-0.3, -0.25) is 19.6 Å². The molecule has 6 heteroatoms. The van der Waals surface area contributed by atoms with Crippen molar-refractivity contribution < 1.29 is 9.59 Å². The standard InChI is InChI=1S/C16H18N4O2/c1-11-3-5-18-14(9-11)15-10-13(4-6-19-15)16(22)20-8-7-17-12(2)21/h3-6,9-10H,7-8H2,1-2H3,(H,17,21)(H,20,22). The zero-order valence-electron chi connectivity index (χ0n) is 12.6. The normalized spacial score (nSPS) is 10.1. The van der Waals surface area contributed by atoms with Crippen LogP contribution >= 0.6 is 0 Å². The van der Waals surface area contributed by atoms with Gasteiger partial charge < -0.3 is 10.6 Å². The van der Waals surface area contributed by atoms with E-state index >= 15 is 0 Å². The Labute approximate surface area is 129 Å². The Kier molecular flexibility index (Phi) is 5.19. The summed E-state index contributed by atoms with van der Waals surface area (Å²) in [7, 11) is 0. The van der Waals surface area contributed by atoms with E-state index in [4.69, 9.17) is 0 Å². The number of nitrogens with zero attached hydrogens (tertiary/aromatic N) is 2. The third-order valence-corrected chi connectivity index (χ3v) is 2.98. The molecule has 2 heterocycles. The van der Waals surface area contributed by atoms with Crippen LogP contribution in [0.5, 0.6) is 0 Å². The molecule has 2 amide bonds. The zero-order chi connectivity index (χ0) is 15.9. The maximum absolute atomic E-state index is 12.1. The van der Waals surface area contributed by atoms with Crippen molar-refractivity contribution in [3.8, 4) is 11.4 Å². The molecule has 2 N–H and O–H groups in total. The first-order chi connectivity index (χ1) is 10.6. The Hall–Kier alpha value is -2.76. The Morgan fingerprint density at radius 1 is 1.00 bits per heavy atom. The van der Waals surface area contributed by atoms with Gasteiger partial charge >= 0.3 is 0 Å². The zero-order valence-corrected chi connectivity index (χ0v) is 12.6. The van der Waals surface area contributed by atoms with Gasteiger partial charge in [0.05, 0.1) is 11.4 Å². The van der Waals surface area contributed by atoms with E-state index in [1.807, 2.05) is 19.1 Å². The number of aromatic nitrogens is 2. The molecule has 0 aliphatic rings. The van der Waals surface area contributed by atoms with Crippen LogP contribution in [0.4, 0.5) is 0 Å². The molecule has 0 saturated carbocycles. The van der Waals surface area contributed by atoms with Crippen molar-refractivity contribution in [2.75, 3.05) is 13.1 Å². The summed E-state index contributed by atoms with van der Waals surface area (Å²) in [6, 6.07) is 7.17. The van der Waals surface area contributed by atoms with E-state index in [1.165, 1.54) is 6.92 Å². The molecular weight excluding hydrogens is 280 g/mol. The van der Waals surface area contributed by atoms with Gasteiger partial charge in [0.25, 0.3) is 5.91 Å². The largest absolute Gasteiger partial charge is 0.355 e. The van der Waals surface area contributed by atoms with E-state index in [2.05, 4.69) is 20.6 Å². The summed E-state index contributed by atoms with van der Waals surface area (Å²) in [6.45, 7) is 4.19. The maximum atomic E-state index is 12.1. The molecule has 0 bridgehead atoms. The van der Waals surface area contributed by atoms with Gasteiger partial charge in [0.15, 0.2) is 0 Å². The van der Waals surface area contributed by atoms with Crippen LogP contribution in [0.15, 0.2) is 36.7 Å². The van der Waals surface area contributed by atoms with Crippen LogP contribution in [-0.4, -0.2) is 34.9 Å². The van der Waals surface area contributed by atoms with Crippen LogP contribution in [0.2, 0.25) is 0 Å². The molecule has 2 aromatic heterocycles. The molecule has 0 atom stereocenters. The molecule has 2 rings (SSSR count). The molecule has 114 valence electrons. The third-order valence-electron chi connectivity index (χ3n) is 2.98. The smallest absolute Gasteiger partial charge is 0.251 e. The number of hydrogen-bond acceptors (Lipinski definition) is 4. The Balaban J connectivity index is 2.05. The fourth-order valence-electron chi connectivity index (χ4n) is 1.90. The maximum Gasteiger partial charge on any atom is 0.251 e. The molecule has 0 radical (unpaired) electrons. The highest BCUT2D eigenvalue weighted by atomic mass is 16.2. The van der Waals surface area contributed by atoms with Crippen LogP contribution in [0.3, 0.4) is 0 Å². The quantitative estimate of drug-likeness (QED) is 0.815. The molecule has 2 aromatic rings. The van der Waals surface area contributed by atoms with Crippen LogP contribution < -0.4 is 10.6 Å². The van der Waals surface area contributed by atoms with Crippen LogP contribution in [0, 0.1) is 6.92 Å². The second-order valence-corrected chi connectivity index (χ2v) is 4.89. The lowest BCUT2D eigenvalue weighted by Gasteiger charge is -2.07. The average Bonchev–Trinajstić information content (AvgIpc) is 2.51. The minimum atomic E-state index is -0.207. The summed E-state index contributed by atoms with van der Waals surface area (Å²) in [4.78, 5) is 31.3. The Morgan fingerprint density at radius 3 is 2.32 bits per heavy atom. The summed E-state index contributed by atoms with van der Waals surface area (Å²) in [5, 5.41) is 5.36. The van der Waals surface area contributed by atoms with E-state index in [0.717, 1.165) is 11.3 Å². The lowest BCUT2D eigenvalue weighted by molar-refractivity contribution is -0.118. The fraction of sp³-hybridized carbons (Fsp3) is 0.250. The van der Waals surface area contributed by atoms with E-state index in [-0.39, 0.29) is 11.8 Å². The van der Waals surface area contributed by atoms with Crippen LogP contribution in [0.25, 0.3) is 11.4 Å². The van der Waals surface area contributed by atoms with Gasteiger partial charge in [-0.05, 0) is 36.8 Å². The average molecular weight is 298 g/mol. The second-order valence-electron chi connectivity index (χ2n) is 4.89. The first-order valence-corrected chi connectivity index (χ1v) is 6.98. The fourth-order valence-corrected chi connectivity index (χ4v) is 1.90. The van der Waals surface area contributed by atoms with Crippen molar-refractivity contribution >= 4 is 11.8 Å². The molecule has 0 aliphatic heterocycles. The number of amides is 2. The molecule has 0 fully saturated rings. The molecule has 0 aliphatic carbocycles. The van der Waals surface area contributed by atoms with Gasteiger partial charge in [0.1, 0.15) is 0 Å². The van der Waals surface area contributed by atoms with Crippen LogP contribution in [0.1, 0.15) is 22.8 Å². The molecular formula is C16H18N4O2. The van der Waals surface area contributed by atoms with Crippen molar-refractivity contribution in [2.24, 2.45) is 0 Å². The first kappa shape index (κ1) is 15.6. The number of nitrogens with one attached hydrogen (secondary N) is 2. The predicted molar refractivity (Wildman–Crippen MR) is 83.2 cm³/mol. The number of carbonyl (C=O) groups is 2. The van der Waals surface area contributed by atoms with Crippen molar-refractivity contribution in [1.82, 2.24) is 20.6 Å². The monoisotopic (exact) mass is 298 g/mol. The summed E-state index contributed by atoms with van der Waals surface area (Å²) < 4.78 is 0. The number of aryl methyl sites for hydroxylation is 1. The molecule has 6 nitrogen and oxygen atoms in total. The van der Waals surface area contributed by atoms with Crippen molar-refractivity contribution in [2.45, 2.75) is 13.8 Å². The molecule has 22 heavy (non-hydrogen) atoms. The predicted octanol–water partition coefficient (Wildman–Crippen LogP) is 1.32. The minimum Gasteiger partial charge on any atom is -0.355 e.